The standard InChI is InChI=1S/C16H30N2/c1-2-13-5-3-6-14(9-8-13)17-15-10-12-18-11-4-7-16(15)18/h13-17H,2-12H2,1H3. The Balaban J connectivity index is 1.50. The number of hydrogen-bond donors (Lipinski definition) is 1. The lowest BCUT2D eigenvalue weighted by Gasteiger charge is -2.26. The lowest BCUT2D eigenvalue weighted by Crippen LogP contribution is -2.44. The summed E-state index contributed by atoms with van der Waals surface area (Å²) < 4.78 is 0. The van der Waals surface area contributed by atoms with E-state index in [9.17, 15) is 0 Å². The van der Waals surface area contributed by atoms with Crippen molar-refractivity contribution in [3.05, 3.63) is 0 Å². The summed E-state index contributed by atoms with van der Waals surface area (Å²) in [6.07, 6.45) is 12.9. The summed E-state index contributed by atoms with van der Waals surface area (Å²) in [6, 6.07) is 2.53. The predicted molar refractivity (Wildman–Crippen MR) is 76.8 cm³/mol. The van der Waals surface area contributed by atoms with Crippen LogP contribution < -0.4 is 5.32 Å². The molecule has 1 saturated carbocycles. The summed E-state index contributed by atoms with van der Waals surface area (Å²) in [4.78, 5) is 2.73. The molecule has 104 valence electrons. The van der Waals surface area contributed by atoms with E-state index in [1.165, 1.54) is 70.9 Å². The molecule has 3 rings (SSSR count). The molecular formula is C16H30N2. The maximum absolute atomic E-state index is 4.03. The van der Waals surface area contributed by atoms with Crippen molar-refractivity contribution in [1.82, 2.24) is 10.2 Å². The molecule has 4 atom stereocenters. The first-order valence-corrected chi connectivity index (χ1v) is 8.37. The second-order valence-electron chi connectivity index (χ2n) is 6.79. The highest BCUT2D eigenvalue weighted by Gasteiger charge is 2.37. The van der Waals surface area contributed by atoms with Gasteiger partial charge in [-0.2, -0.15) is 0 Å². The average Bonchev–Trinajstić information content (AvgIpc) is 2.90. The Kier molecular flexibility index (Phi) is 4.25. The van der Waals surface area contributed by atoms with Crippen LogP contribution in [0.5, 0.6) is 0 Å². The molecule has 0 amide bonds. The van der Waals surface area contributed by atoms with Gasteiger partial charge in [-0.15, -0.1) is 0 Å². The first-order chi connectivity index (χ1) is 8.86. The van der Waals surface area contributed by atoms with Gasteiger partial charge in [-0.05, 0) is 51.0 Å². The van der Waals surface area contributed by atoms with Gasteiger partial charge in [0.1, 0.15) is 0 Å². The average molecular weight is 250 g/mol. The van der Waals surface area contributed by atoms with E-state index in [0.717, 1.165) is 24.0 Å². The third kappa shape index (κ3) is 2.75. The Morgan fingerprint density at radius 3 is 2.78 bits per heavy atom. The molecule has 2 heteroatoms. The van der Waals surface area contributed by atoms with Crippen molar-refractivity contribution in [3.63, 3.8) is 0 Å². The van der Waals surface area contributed by atoms with Gasteiger partial charge in [-0.1, -0.05) is 26.2 Å². The van der Waals surface area contributed by atoms with Crippen molar-refractivity contribution in [3.8, 4) is 0 Å². The van der Waals surface area contributed by atoms with Crippen LogP contribution in [0.1, 0.15) is 64.7 Å². The number of nitrogens with one attached hydrogen (secondary N) is 1. The molecular weight excluding hydrogens is 220 g/mol. The molecule has 2 heterocycles. The van der Waals surface area contributed by atoms with Gasteiger partial charge in [-0.25, -0.2) is 0 Å². The number of rotatable bonds is 3. The molecule has 0 aromatic heterocycles. The van der Waals surface area contributed by atoms with Crippen molar-refractivity contribution >= 4 is 0 Å². The Morgan fingerprint density at radius 1 is 0.944 bits per heavy atom. The predicted octanol–water partition coefficient (Wildman–Crippen LogP) is 3.17. The van der Waals surface area contributed by atoms with E-state index < -0.39 is 0 Å². The van der Waals surface area contributed by atoms with Gasteiger partial charge >= 0.3 is 0 Å². The Bertz CT molecular complexity index is 266. The van der Waals surface area contributed by atoms with Crippen LogP contribution in [0.15, 0.2) is 0 Å². The van der Waals surface area contributed by atoms with Gasteiger partial charge in [-0.3, -0.25) is 4.90 Å². The van der Waals surface area contributed by atoms with E-state index in [2.05, 4.69) is 17.1 Å². The summed E-state index contributed by atoms with van der Waals surface area (Å²) in [5.41, 5.74) is 0. The number of nitrogens with zero attached hydrogens (tertiary/aromatic N) is 1. The van der Waals surface area contributed by atoms with Gasteiger partial charge < -0.3 is 5.32 Å². The van der Waals surface area contributed by atoms with Crippen LogP contribution in [0.2, 0.25) is 0 Å². The topological polar surface area (TPSA) is 15.3 Å². The molecule has 0 aromatic carbocycles. The van der Waals surface area contributed by atoms with E-state index in [4.69, 9.17) is 0 Å². The maximum atomic E-state index is 4.03. The van der Waals surface area contributed by atoms with Crippen LogP contribution in [0.3, 0.4) is 0 Å². The fourth-order valence-corrected chi connectivity index (χ4v) is 4.53. The van der Waals surface area contributed by atoms with Crippen molar-refractivity contribution in [1.29, 1.82) is 0 Å². The Hall–Kier alpha value is -0.0800. The van der Waals surface area contributed by atoms with Crippen LogP contribution in [0.4, 0.5) is 0 Å². The number of hydrogen-bond acceptors (Lipinski definition) is 2. The minimum atomic E-state index is 0.815. The van der Waals surface area contributed by atoms with E-state index in [0.29, 0.717) is 0 Å². The summed E-state index contributed by atoms with van der Waals surface area (Å²) in [5, 5.41) is 4.03. The molecule has 0 bridgehead atoms. The minimum Gasteiger partial charge on any atom is -0.310 e. The van der Waals surface area contributed by atoms with Crippen molar-refractivity contribution in [2.24, 2.45) is 5.92 Å². The highest BCUT2D eigenvalue weighted by molar-refractivity contribution is 4.97. The summed E-state index contributed by atoms with van der Waals surface area (Å²) in [7, 11) is 0. The third-order valence-electron chi connectivity index (χ3n) is 5.72. The highest BCUT2D eigenvalue weighted by atomic mass is 15.2. The molecule has 4 unspecified atom stereocenters. The summed E-state index contributed by atoms with van der Waals surface area (Å²) in [5.74, 6) is 1.02. The van der Waals surface area contributed by atoms with Crippen molar-refractivity contribution in [2.45, 2.75) is 82.8 Å². The largest absolute Gasteiger partial charge is 0.310 e. The van der Waals surface area contributed by atoms with E-state index >= 15 is 0 Å². The van der Waals surface area contributed by atoms with Crippen LogP contribution in [0.25, 0.3) is 0 Å². The van der Waals surface area contributed by atoms with Crippen LogP contribution in [-0.2, 0) is 0 Å². The first-order valence-electron chi connectivity index (χ1n) is 8.37. The lowest BCUT2D eigenvalue weighted by atomic mass is 9.97. The molecule has 1 N–H and O–H groups in total. The molecule has 2 nitrogen and oxygen atoms in total. The van der Waals surface area contributed by atoms with Gasteiger partial charge in [0.25, 0.3) is 0 Å². The molecule has 2 aliphatic heterocycles. The molecule has 1 aliphatic carbocycles. The first kappa shape index (κ1) is 12.9. The zero-order valence-corrected chi connectivity index (χ0v) is 12.0. The smallest absolute Gasteiger partial charge is 0.0250 e. The SMILES string of the molecule is CCC1CCCC(NC2CCN3CCCC23)CC1. The monoisotopic (exact) mass is 250 g/mol. The molecule has 0 aromatic rings. The molecule has 0 radical (unpaired) electrons. The van der Waals surface area contributed by atoms with Gasteiger partial charge in [0, 0.05) is 24.7 Å². The number of fused-ring (bicyclic) bond motifs is 1. The molecule has 3 aliphatic rings. The minimum absolute atomic E-state index is 0.815. The van der Waals surface area contributed by atoms with Crippen LogP contribution in [0, 0.1) is 5.92 Å². The maximum Gasteiger partial charge on any atom is 0.0250 e. The molecule has 2 saturated heterocycles. The summed E-state index contributed by atoms with van der Waals surface area (Å²) >= 11 is 0. The van der Waals surface area contributed by atoms with Gasteiger partial charge in [0.05, 0.1) is 0 Å². The highest BCUT2D eigenvalue weighted by Crippen LogP contribution is 2.30. The second-order valence-corrected chi connectivity index (χ2v) is 6.79. The fraction of sp³-hybridized carbons (Fsp3) is 1.00. The van der Waals surface area contributed by atoms with E-state index in [1.807, 2.05) is 0 Å². The Labute approximate surface area is 113 Å². The third-order valence-corrected chi connectivity index (χ3v) is 5.72. The zero-order chi connectivity index (χ0) is 12.4. The van der Waals surface area contributed by atoms with Crippen LogP contribution in [-0.4, -0.2) is 36.1 Å². The lowest BCUT2D eigenvalue weighted by molar-refractivity contribution is 0.282. The second kappa shape index (κ2) is 5.92. The molecule has 0 spiro atoms. The van der Waals surface area contributed by atoms with Crippen LogP contribution >= 0.6 is 0 Å². The quantitative estimate of drug-likeness (QED) is 0.774. The van der Waals surface area contributed by atoms with Crippen molar-refractivity contribution < 1.29 is 0 Å². The van der Waals surface area contributed by atoms with E-state index in [-0.39, 0.29) is 0 Å². The van der Waals surface area contributed by atoms with Crippen molar-refractivity contribution in [2.75, 3.05) is 13.1 Å². The normalized spacial score (nSPS) is 41.8. The van der Waals surface area contributed by atoms with Gasteiger partial charge in [0.2, 0.25) is 0 Å². The Morgan fingerprint density at radius 2 is 1.89 bits per heavy atom. The molecule has 3 fully saturated rings. The summed E-state index contributed by atoms with van der Waals surface area (Å²) in [6.45, 7) is 5.09. The molecule has 18 heavy (non-hydrogen) atoms. The fourth-order valence-electron chi connectivity index (χ4n) is 4.53. The van der Waals surface area contributed by atoms with Gasteiger partial charge in [0.15, 0.2) is 0 Å². The van der Waals surface area contributed by atoms with E-state index in [1.54, 1.807) is 0 Å². The zero-order valence-electron chi connectivity index (χ0n) is 12.0.